The largest absolute Gasteiger partial charge is 0.385 e. The molecule has 1 aromatic rings. The molecule has 1 rings (SSSR count). The quantitative estimate of drug-likeness (QED) is 0.731. The number of aliphatic hydroxyl groups is 1. The van der Waals surface area contributed by atoms with E-state index in [0.29, 0.717) is 12.0 Å². The minimum Gasteiger partial charge on any atom is -0.385 e. The molecule has 0 amide bonds. The normalized spacial score (nSPS) is 12.5. The number of hydrogen-bond acceptors (Lipinski definition) is 4. The number of carbonyl (C=O) groups excluding carboxylic acids is 1. The first kappa shape index (κ1) is 11.7. The van der Waals surface area contributed by atoms with Crippen LogP contribution in [0.15, 0.2) is 12.3 Å². The molecule has 4 nitrogen and oxygen atoms in total. The van der Waals surface area contributed by atoms with Crippen LogP contribution in [0.1, 0.15) is 35.7 Å². The van der Waals surface area contributed by atoms with Crippen molar-refractivity contribution < 1.29 is 9.90 Å². The van der Waals surface area contributed by atoms with Gasteiger partial charge in [-0.05, 0) is 25.0 Å². The van der Waals surface area contributed by atoms with Gasteiger partial charge in [0.2, 0.25) is 0 Å². The number of nitrogens with two attached hydrogens (primary N) is 1. The number of aryl methyl sites for hydroxylation is 1. The molecule has 0 spiro atoms. The number of pyridine rings is 1. The van der Waals surface area contributed by atoms with Crippen molar-refractivity contribution in [2.45, 2.75) is 32.8 Å². The van der Waals surface area contributed by atoms with E-state index >= 15 is 0 Å². The Morgan fingerprint density at radius 1 is 1.67 bits per heavy atom. The van der Waals surface area contributed by atoms with Crippen LogP contribution >= 0.6 is 0 Å². The van der Waals surface area contributed by atoms with Gasteiger partial charge in [0.15, 0.2) is 5.78 Å². The van der Waals surface area contributed by atoms with Gasteiger partial charge in [0, 0.05) is 6.20 Å². The van der Waals surface area contributed by atoms with Gasteiger partial charge >= 0.3 is 0 Å². The Kier molecular flexibility index (Phi) is 3.80. The van der Waals surface area contributed by atoms with Crippen LogP contribution in [0.2, 0.25) is 0 Å². The summed E-state index contributed by atoms with van der Waals surface area (Å²) in [5.74, 6) is -0.161. The van der Waals surface area contributed by atoms with Crippen LogP contribution in [0, 0.1) is 6.92 Å². The maximum atomic E-state index is 11.7. The van der Waals surface area contributed by atoms with Gasteiger partial charge in [-0.15, -0.1) is 0 Å². The van der Waals surface area contributed by atoms with Crippen LogP contribution < -0.4 is 5.73 Å². The molecule has 0 aliphatic heterocycles. The van der Waals surface area contributed by atoms with Gasteiger partial charge in [0.1, 0.15) is 11.9 Å². The number of nitrogen functional groups attached to an aromatic ring is 1. The van der Waals surface area contributed by atoms with Gasteiger partial charge in [-0.2, -0.15) is 0 Å². The number of Topliss-reactive ketones (excluding diaryl/α,β-unsaturated/α-hetero) is 1. The van der Waals surface area contributed by atoms with E-state index in [4.69, 9.17) is 5.73 Å². The maximum absolute atomic E-state index is 11.7. The molecule has 0 fully saturated rings. The average Bonchev–Trinajstić information content (AvgIpc) is 2.21. The van der Waals surface area contributed by atoms with Gasteiger partial charge in [0.05, 0.1) is 5.56 Å². The predicted octanol–water partition coefficient (Wildman–Crippen LogP) is 1.32. The van der Waals surface area contributed by atoms with E-state index < -0.39 is 6.10 Å². The van der Waals surface area contributed by atoms with E-state index in [2.05, 4.69) is 4.98 Å². The van der Waals surface area contributed by atoms with Gasteiger partial charge in [-0.25, -0.2) is 4.98 Å². The molecule has 4 heteroatoms. The molecule has 0 saturated heterocycles. The summed E-state index contributed by atoms with van der Waals surface area (Å²) in [6.45, 7) is 3.74. The molecule has 0 saturated carbocycles. The molecule has 3 N–H and O–H groups in total. The van der Waals surface area contributed by atoms with Crippen molar-refractivity contribution in [1.82, 2.24) is 4.98 Å². The lowest BCUT2D eigenvalue weighted by molar-refractivity contribution is 0.0730. The Labute approximate surface area is 89.1 Å². The van der Waals surface area contributed by atoms with E-state index in [1.165, 1.54) is 0 Å². The van der Waals surface area contributed by atoms with Crippen molar-refractivity contribution >= 4 is 11.6 Å². The Morgan fingerprint density at radius 2 is 2.33 bits per heavy atom. The molecule has 0 aliphatic rings. The van der Waals surface area contributed by atoms with E-state index in [1.807, 2.05) is 13.8 Å². The van der Waals surface area contributed by atoms with E-state index in [9.17, 15) is 9.90 Å². The first-order valence-corrected chi connectivity index (χ1v) is 5.00. The fraction of sp³-hybridized carbons (Fsp3) is 0.455. The number of anilines is 1. The maximum Gasteiger partial charge on any atom is 0.194 e. The third-order valence-electron chi connectivity index (χ3n) is 2.19. The van der Waals surface area contributed by atoms with Gasteiger partial charge in [-0.1, -0.05) is 13.3 Å². The fourth-order valence-electron chi connectivity index (χ4n) is 1.36. The predicted molar refractivity (Wildman–Crippen MR) is 58.6 cm³/mol. The third kappa shape index (κ3) is 2.76. The number of carbonyl (C=O) groups is 1. The highest BCUT2D eigenvalue weighted by atomic mass is 16.3. The number of aromatic nitrogens is 1. The second-order valence-corrected chi connectivity index (χ2v) is 3.61. The number of hydrogen-bond donors (Lipinski definition) is 2. The van der Waals surface area contributed by atoms with E-state index in [0.717, 1.165) is 12.0 Å². The van der Waals surface area contributed by atoms with E-state index in [-0.39, 0.29) is 11.6 Å². The fourth-order valence-corrected chi connectivity index (χ4v) is 1.36. The molecule has 1 heterocycles. The number of ketones is 1. The first-order chi connectivity index (χ1) is 7.06. The molecular formula is C11H16N2O2. The zero-order valence-corrected chi connectivity index (χ0v) is 9.03. The minimum atomic E-state index is -0.971. The number of nitrogens with zero attached hydrogens (tertiary/aromatic N) is 1. The Morgan fingerprint density at radius 3 is 2.93 bits per heavy atom. The number of aliphatic hydroxyl groups excluding tert-OH is 1. The monoisotopic (exact) mass is 208 g/mol. The van der Waals surface area contributed by atoms with Crippen LogP contribution in [0.3, 0.4) is 0 Å². The second kappa shape index (κ2) is 4.89. The summed E-state index contributed by atoms with van der Waals surface area (Å²) in [4.78, 5) is 15.6. The molecule has 0 radical (unpaired) electrons. The Balaban J connectivity index is 2.95. The van der Waals surface area contributed by atoms with Crippen molar-refractivity contribution in [3.63, 3.8) is 0 Å². The summed E-state index contributed by atoms with van der Waals surface area (Å²) >= 11 is 0. The highest BCUT2D eigenvalue weighted by Crippen LogP contribution is 2.14. The summed E-state index contributed by atoms with van der Waals surface area (Å²) in [5.41, 5.74) is 6.75. The SMILES string of the molecule is CCCC(O)C(=O)c1cc(C)cnc1N. The molecule has 0 bridgehead atoms. The van der Waals surface area contributed by atoms with Crippen molar-refractivity contribution in [2.75, 3.05) is 5.73 Å². The lowest BCUT2D eigenvalue weighted by atomic mass is 10.0. The smallest absolute Gasteiger partial charge is 0.194 e. The molecule has 82 valence electrons. The van der Waals surface area contributed by atoms with Crippen LogP contribution in [-0.4, -0.2) is 22.0 Å². The third-order valence-corrected chi connectivity index (χ3v) is 2.19. The Bertz CT molecular complexity index is 364. The molecule has 0 aromatic carbocycles. The lowest BCUT2D eigenvalue weighted by Gasteiger charge is -2.10. The molecule has 1 aromatic heterocycles. The van der Waals surface area contributed by atoms with Crippen molar-refractivity contribution in [3.8, 4) is 0 Å². The first-order valence-electron chi connectivity index (χ1n) is 5.00. The van der Waals surface area contributed by atoms with Gasteiger partial charge < -0.3 is 10.8 Å². The van der Waals surface area contributed by atoms with Crippen LogP contribution in [0.5, 0.6) is 0 Å². The van der Waals surface area contributed by atoms with Crippen LogP contribution in [0.4, 0.5) is 5.82 Å². The summed E-state index contributed by atoms with van der Waals surface area (Å²) in [5, 5.41) is 9.55. The molecule has 1 atom stereocenters. The summed E-state index contributed by atoms with van der Waals surface area (Å²) in [6, 6.07) is 1.66. The zero-order chi connectivity index (χ0) is 11.4. The second-order valence-electron chi connectivity index (χ2n) is 3.61. The minimum absolute atomic E-state index is 0.181. The van der Waals surface area contributed by atoms with Crippen molar-refractivity contribution in [2.24, 2.45) is 0 Å². The van der Waals surface area contributed by atoms with Gasteiger partial charge in [-0.3, -0.25) is 4.79 Å². The molecular weight excluding hydrogens is 192 g/mol. The summed E-state index contributed by atoms with van der Waals surface area (Å²) in [7, 11) is 0. The summed E-state index contributed by atoms with van der Waals surface area (Å²) in [6.07, 6.45) is 1.83. The van der Waals surface area contributed by atoms with Crippen LogP contribution in [-0.2, 0) is 0 Å². The highest BCUT2D eigenvalue weighted by molar-refractivity contribution is 6.02. The standard InChI is InChI=1S/C11H16N2O2/c1-3-4-9(14)10(15)8-5-7(2)6-13-11(8)12/h5-6,9,14H,3-4H2,1-2H3,(H2,12,13). The topological polar surface area (TPSA) is 76.2 Å². The number of rotatable bonds is 4. The lowest BCUT2D eigenvalue weighted by Crippen LogP contribution is -2.21. The molecule has 15 heavy (non-hydrogen) atoms. The van der Waals surface area contributed by atoms with Crippen LogP contribution in [0.25, 0.3) is 0 Å². The average molecular weight is 208 g/mol. The zero-order valence-electron chi connectivity index (χ0n) is 9.03. The van der Waals surface area contributed by atoms with E-state index in [1.54, 1.807) is 12.3 Å². The van der Waals surface area contributed by atoms with Gasteiger partial charge in [0.25, 0.3) is 0 Å². The summed E-state index contributed by atoms with van der Waals surface area (Å²) < 4.78 is 0. The molecule has 0 aliphatic carbocycles. The highest BCUT2D eigenvalue weighted by Gasteiger charge is 2.19. The van der Waals surface area contributed by atoms with Crippen molar-refractivity contribution in [1.29, 1.82) is 0 Å². The Hall–Kier alpha value is -1.42. The molecule has 1 unspecified atom stereocenters. The van der Waals surface area contributed by atoms with Crippen molar-refractivity contribution in [3.05, 3.63) is 23.4 Å².